The molecule has 0 spiro atoms. The summed E-state index contributed by atoms with van der Waals surface area (Å²) in [5.74, 6) is 0.951. The van der Waals surface area contributed by atoms with Gasteiger partial charge in [-0.3, -0.25) is 9.59 Å². The quantitative estimate of drug-likeness (QED) is 0.879. The predicted molar refractivity (Wildman–Crippen MR) is 87.3 cm³/mol. The van der Waals surface area contributed by atoms with Crippen LogP contribution in [-0.4, -0.2) is 31.2 Å². The number of hydrogen-bond donors (Lipinski definition) is 1. The molecule has 0 aliphatic rings. The van der Waals surface area contributed by atoms with Gasteiger partial charge in [0.1, 0.15) is 11.5 Å². The van der Waals surface area contributed by atoms with Crippen LogP contribution in [0.15, 0.2) is 41.2 Å². The van der Waals surface area contributed by atoms with Crippen molar-refractivity contribution in [2.75, 3.05) is 20.8 Å². The molecule has 0 unspecified atom stereocenters. The molecule has 2 aromatic rings. The van der Waals surface area contributed by atoms with E-state index in [-0.39, 0.29) is 11.5 Å². The molecule has 0 fully saturated rings. The summed E-state index contributed by atoms with van der Waals surface area (Å²) in [4.78, 5) is 24.1. The zero-order chi connectivity index (χ0) is 16.8. The maximum absolute atomic E-state index is 12.1. The van der Waals surface area contributed by atoms with E-state index in [0.29, 0.717) is 30.2 Å². The Morgan fingerprint density at radius 1 is 1.13 bits per heavy atom. The molecule has 0 bridgehead atoms. The van der Waals surface area contributed by atoms with Crippen LogP contribution in [-0.2, 0) is 6.54 Å². The molecule has 0 saturated carbocycles. The van der Waals surface area contributed by atoms with E-state index in [2.05, 4.69) is 5.32 Å². The van der Waals surface area contributed by atoms with Crippen molar-refractivity contribution in [3.05, 3.63) is 58.0 Å². The fourth-order valence-electron chi connectivity index (χ4n) is 2.25. The highest BCUT2D eigenvalue weighted by Crippen LogP contribution is 2.12. The van der Waals surface area contributed by atoms with Gasteiger partial charge in [0, 0.05) is 30.4 Å². The lowest BCUT2D eigenvalue weighted by molar-refractivity contribution is 0.0951. The fourth-order valence-corrected chi connectivity index (χ4v) is 2.25. The van der Waals surface area contributed by atoms with Gasteiger partial charge >= 0.3 is 0 Å². The third-order valence-corrected chi connectivity index (χ3v) is 3.50. The Kier molecular flexibility index (Phi) is 5.41. The first kappa shape index (κ1) is 16.6. The second-order valence-electron chi connectivity index (χ2n) is 5.01. The maximum Gasteiger partial charge on any atom is 0.254 e. The van der Waals surface area contributed by atoms with Crippen LogP contribution in [0.3, 0.4) is 0 Å². The van der Waals surface area contributed by atoms with Gasteiger partial charge in [-0.25, -0.2) is 0 Å². The van der Waals surface area contributed by atoms with Gasteiger partial charge in [0.25, 0.3) is 11.5 Å². The monoisotopic (exact) mass is 316 g/mol. The molecule has 1 amide bonds. The van der Waals surface area contributed by atoms with Gasteiger partial charge in [0.05, 0.1) is 14.2 Å². The number of rotatable bonds is 6. The van der Waals surface area contributed by atoms with Crippen LogP contribution in [0.1, 0.15) is 16.1 Å². The van der Waals surface area contributed by atoms with Crippen LogP contribution in [0.5, 0.6) is 11.5 Å². The summed E-state index contributed by atoms with van der Waals surface area (Å²) < 4.78 is 11.7. The molecular weight excluding hydrogens is 296 g/mol. The molecule has 0 saturated heterocycles. The van der Waals surface area contributed by atoms with E-state index in [1.165, 1.54) is 13.2 Å². The van der Waals surface area contributed by atoms with Crippen molar-refractivity contribution in [2.45, 2.75) is 13.5 Å². The summed E-state index contributed by atoms with van der Waals surface area (Å²) in [6.07, 6.45) is 0. The van der Waals surface area contributed by atoms with Gasteiger partial charge in [-0.15, -0.1) is 0 Å². The number of amides is 1. The van der Waals surface area contributed by atoms with Crippen molar-refractivity contribution in [1.29, 1.82) is 0 Å². The van der Waals surface area contributed by atoms with Crippen molar-refractivity contribution in [3.63, 3.8) is 0 Å². The molecule has 1 aromatic carbocycles. The number of pyridine rings is 1. The van der Waals surface area contributed by atoms with Gasteiger partial charge in [0.2, 0.25) is 0 Å². The van der Waals surface area contributed by atoms with Crippen LogP contribution >= 0.6 is 0 Å². The molecule has 6 heteroatoms. The standard InChI is InChI=1S/C17H20N2O4/c1-12-9-15(23-3)11-16(20)19(12)8-7-18-17(21)13-5-4-6-14(10-13)22-2/h4-6,9-11H,7-8H2,1-3H3,(H,18,21). The van der Waals surface area contributed by atoms with E-state index in [4.69, 9.17) is 9.47 Å². The first-order chi connectivity index (χ1) is 11.0. The Balaban J connectivity index is 1.99. The topological polar surface area (TPSA) is 69.6 Å². The molecule has 0 aliphatic carbocycles. The lowest BCUT2D eigenvalue weighted by Gasteiger charge is -2.12. The van der Waals surface area contributed by atoms with E-state index >= 15 is 0 Å². The first-order valence-electron chi connectivity index (χ1n) is 7.23. The second kappa shape index (κ2) is 7.49. The number of carbonyl (C=O) groups is 1. The number of hydrogen-bond acceptors (Lipinski definition) is 4. The number of aromatic nitrogens is 1. The summed E-state index contributed by atoms with van der Waals surface area (Å²) >= 11 is 0. The van der Waals surface area contributed by atoms with Crippen LogP contribution < -0.4 is 20.3 Å². The third kappa shape index (κ3) is 4.12. The van der Waals surface area contributed by atoms with E-state index in [9.17, 15) is 9.59 Å². The molecule has 6 nitrogen and oxygen atoms in total. The van der Waals surface area contributed by atoms with Gasteiger partial charge in [0.15, 0.2) is 0 Å². The largest absolute Gasteiger partial charge is 0.497 e. The molecule has 122 valence electrons. The summed E-state index contributed by atoms with van der Waals surface area (Å²) in [5.41, 5.74) is 1.14. The normalized spacial score (nSPS) is 10.2. The van der Waals surface area contributed by atoms with Crippen molar-refractivity contribution >= 4 is 5.91 Å². The lowest BCUT2D eigenvalue weighted by atomic mass is 10.2. The minimum Gasteiger partial charge on any atom is -0.497 e. The Labute approximate surface area is 134 Å². The highest BCUT2D eigenvalue weighted by Gasteiger charge is 2.07. The summed E-state index contributed by atoms with van der Waals surface area (Å²) in [6, 6.07) is 10.1. The van der Waals surface area contributed by atoms with E-state index in [1.54, 1.807) is 42.0 Å². The van der Waals surface area contributed by atoms with Gasteiger partial charge in [-0.1, -0.05) is 6.07 Å². The van der Waals surface area contributed by atoms with Gasteiger partial charge < -0.3 is 19.4 Å². The van der Waals surface area contributed by atoms with Crippen LogP contribution in [0.25, 0.3) is 0 Å². The highest BCUT2D eigenvalue weighted by molar-refractivity contribution is 5.94. The SMILES string of the molecule is COc1cccc(C(=O)NCCn2c(C)cc(OC)cc2=O)c1. The van der Waals surface area contributed by atoms with E-state index in [0.717, 1.165) is 5.69 Å². The van der Waals surface area contributed by atoms with Crippen molar-refractivity contribution in [2.24, 2.45) is 0 Å². The molecule has 0 atom stereocenters. The summed E-state index contributed by atoms with van der Waals surface area (Å²) in [5, 5.41) is 2.80. The maximum atomic E-state index is 12.1. The lowest BCUT2D eigenvalue weighted by Crippen LogP contribution is -2.31. The minimum absolute atomic E-state index is 0.155. The molecule has 0 aliphatic heterocycles. The number of nitrogens with one attached hydrogen (secondary N) is 1. The Morgan fingerprint density at radius 2 is 1.87 bits per heavy atom. The van der Waals surface area contributed by atoms with Gasteiger partial charge in [-0.05, 0) is 31.2 Å². The molecule has 0 radical (unpaired) electrons. The molecule has 23 heavy (non-hydrogen) atoms. The number of nitrogens with zero attached hydrogens (tertiary/aromatic N) is 1. The van der Waals surface area contributed by atoms with Crippen molar-refractivity contribution in [3.8, 4) is 11.5 Å². The fraction of sp³-hybridized carbons (Fsp3) is 0.294. The first-order valence-corrected chi connectivity index (χ1v) is 7.23. The smallest absolute Gasteiger partial charge is 0.254 e. The molecule has 1 N–H and O–H groups in total. The Hall–Kier alpha value is -2.76. The second-order valence-corrected chi connectivity index (χ2v) is 5.01. The third-order valence-electron chi connectivity index (χ3n) is 3.50. The summed E-state index contributed by atoms with van der Waals surface area (Å²) in [7, 11) is 3.07. The van der Waals surface area contributed by atoms with E-state index < -0.39 is 0 Å². The Bertz CT molecular complexity index is 752. The number of carbonyl (C=O) groups excluding carboxylic acids is 1. The summed E-state index contributed by atoms with van der Waals surface area (Å²) in [6.45, 7) is 2.57. The zero-order valence-corrected chi connectivity index (χ0v) is 13.5. The predicted octanol–water partition coefficient (Wildman–Crippen LogP) is 1.60. The molecular formula is C17H20N2O4. The van der Waals surface area contributed by atoms with Crippen LogP contribution in [0.2, 0.25) is 0 Å². The van der Waals surface area contributed by atoms with Crippen LogP contribution in [0, 0.1) is 6.92 Å². The Morgan fingerprint density at radius 3 is 2.52 bits per heavy atom. The van der Waals surface area contributed by atoms with Crippen LogP contribution in [0.4, 0.5) is 0 Å². The van der Waals surface area contributed by atoms with Crippen molar-refractivity contribution < 1.29 is 14.3 Å². The molecule has 1 aromatic heterocycles. The number of benzene rings is 1. The average molecular weight is 316 g/mol. The molecule has 2 rings (SSSR count). The molecule has 1 heterocycles. The number of methoxy groups -OCH3 is 2. The minimum atomic E-state index is -0.205. The van der Waals surface area contributed by atoms with Gasteiger partial charge in [-0.2, -0.15) is 0 Å². The zero-order valence-electron chi connectivity index (χ0n) is 13.5. The number of aryl methyl sites for hydroxylation is 1. The number of ether oxygens (including phenoxy) is 2. The average Bonchev–Trinajstić information content (AvgIpc) is 2.56. The van der Waals surface area contributed by atoms with E-state index in [1.807, 2.05) is 6.92 Å². The highest BCUT2D eigenvalue weighted by atomic mass is 16.5. The van der Waals surface area contributed by atoms with Crippen molar-refractivity contribution in [1.82, 2.24) is 9.88 Å².